The molecule has 2 aromatic heterocycles. The average molecular weight is 363 g/mol. The minimum absolute atomic E-state index is 0.0783. The van der Waals surface area contributed by atoms with E-state index in [-0.39, 0.29) is 22.5 Å². The van der Waals surface area contributed by atoms with Crippen LogP contribution in [0.25, 0.3) is 22.9 Å². The van der Waals surface area contributed by atoms with Crippen molar-refractivity contribution in [2.45, 2.75) is 13.8 Å². The van der Waals surface area contributed by atoms with Crippen LogP contribution >= 0.6 is 11.6 Å². The number of halogens is 1. The van der Waals surface area contributed by atoms with Gasteiger partial charge in [-0.3, -0.25) is 10.1 Å². The van der Waals surface area contributed by atoms with Gasteiger partial charge in [-0.2, -0.15) is 0 Å². The zero-order valence-corrected chi connectivity index (χ0v) is 13.8. The van der Waals surface area contributed by atoms with Gasteiger partial charge < -0.3 is 14.6 Å². The number of nitro groups is 1. The van der Waals surface area contributed by atoms with Gasteiger partial charge in [0.15, 0.2) is 5.75 Å². The van der Waals surface area contributed by atoms with Crippen LogP contribution in [0.2, 0.25) is 5.15 Å². The van der Waals surface area contributed by atoms with E-state index in [2.05, 4.69) is 15.2 Å². The smallest absolute Gasteiger partial charge is 0.315 e. The van der Waals surface area contributed by atoms with Crippen molar-refractivity contribution in [3.05, 3.63) is 44.7 Å². The fourth-order valence-corrected chi connectivity index (χ4v) is 2.72. The zero-order chi connectivity index (χ0) is 18.3. The summed E-state index contributed by atoms with van der Waals surface area (Å²) in [6, 6.07) is 3.90. The van der Waals surface area contributed by atoms with Crippen LogP contribution in [0, 0.1) is 24.0 Å². The molecule has 0 atom stereocenters. The van der Waals surface area contributed by atoms with E-state index in [4.69, 9.17) is 16.0 Å². The number of phenols is 2. The van der Waals surface area contributed by atoms with Gasteiger partial charge in [0.05, 0.1) is 10.5 Å². The van der Waals surface area contributed by atoms with Gasteiger partial charge in [-0.25, -0.2) is 4.98 Å². The predicted octanol–water partition coefficient (Wildman–Crippen LogP) is 3.39. The number of phenolic OH excluding ortho intramolecular Hbond substituents is 2. The van der Waals surface area contributed by atoms with Gasteiger partial charge in [-0.05, 0) is 31.5 Å². The lowest BCUT2D eigenvalue weighted by Crippen LogP contribution is -1.91. The molecule has 128 valence electrons. The lowest BCUT2D eigenvalue weighted by atomic mass is 10.1. The highest BCUT2D eigenvalue weighted by atomic mass is 35.5. The second kappa shape index (κ2) is 6.02. The van der Waals surface area contributed by atoms with Crippen LogP contribution in [0.5, 0.6) is 11.5 Å². The Morgan fingerprint density at radius 1 is 1.16 bits per heavy atom. The summed E-state index contributed by atoms with van der Waals surface area (Å²) in [5, 5.41) is 38.0. The molecule has 3 aromatic rings. The fraction of sp³-hybridized carbons (Fsp3) is 0.133. The summed E-state index contributed by atoms with van der Waals surface area (Å²) in [5.41, 5.74) is 1.34. The van der Waals surface area contributed by atoms with Gasteiger partial charge in [-0.1, -0.05) is 11.6 Å². The maximum absolute atomic E-state index is 10.9. The average Bonchev–Trinajstić information content (AvgIpc) is 2.98. The number of aromatic nitrogens is 3. The predicted molar refractivity (Wildman–Crippen MR) is 87.4 cm³/mol. The van der Waals surface area contributed by atoms with Crippen molar-refractivity contribution in [2.75, 3.05) is 0 Å². The fourth-order valence-electron chi connectivity index (χ4n) is 2.36. The molecule has 0 radical (unpaired) electrons. The van der Waals surface area contributed by atoms with E-state index in [0.29, 0.717) is 5.56 Å². The molecule has 3 rings (SSSR count). The summed E-state index contributed by atoms with van der Waals surface area (Å²) in [6.45, 7) is 3.59. The summed E-state index contributed by atoms with van der Waals surface area (Å²) in [4.78, 5) is 14.2. The highest BCUT2D eigenvalue weighted by molar-refractivity contribution is 6.32. The van der Waals surface area contributed by atoms with Crippen molar-refractivity contribution in [3.8, 4) is 34.4 Å². The lowest BCUT2D eigenvalue weighted by molar-refractivity contribution is -0.385. The van der Waals surface area contributed by atoms with Crippen molar-refractivity contribution in [3.63, 3.8) is 0 Å². The summed E-state index contributed by atoms with van der Waals surface area (Å²) in [7, 11) is 0. The van der Waals surface area contributed by atoms with Gasteiger partial charge in [0.1, 0.15) is 5.15 Å². The Morgan fingerprint density at radius 3 is 2.48 bits per heavy atom. The molecule has 0 amide bonds. The highest BCUT2D eigenvalue weighted by Crippen LogP contribution is 2.40. The molecule has 0 aliphatic carbocycles. The number of pyridine rings is 1. The molecule has 10 heteroatoms. The minimum atomic E-state index is -0.838. The SMILES string of the molecule is Cc1cc(C)c(-c2nnc(-c3cc(O)c(O)c([N+](=O)[O-])c3)o2)c(Cl)n1. The minimum Gasteiger partial charge on any atom is -0.504 e. The van der Waals surface area contributed by atoms with Crippen molar-refractivity contribution in [2.24, 2.45) is 0 Å². The lowest BCUT2D eigenvalue weighted by Gasteiger charge is -2.04. The van der Waals surface area contributed by atoms with Crippen LogP contribution in [0.15, 0.2) is 22.6 Å². The van der Waals surface area contributed by atoms with Crippen LogP contribution in [0.4, 0.5) is 5.69 Å². The summed E-state index contributed by atoms with van der Waals surface area (Å²) in [6.07, 6.45) is 0. The van der Waals surface area contributed by atoms with Gasteiger partial charge in [0.2, 0.25) is 11.6 Å². The first-order valence-electron chi connectivity index (χ1n) is 6.96. The molecule has 2 N–H and O–H groups in total. The Kier molecular flexibility index (Phi) is 4.01. The van der Waals surface area contributed by atoms with Gasteiger partial charge in [0, 0.05) is 17.3 Å². The number of hydrogen-bond acceptors (Lipinski definition) is 8. The molecular formula is C15H11ClN4O5. The number of rotatable bonds is 3. The van der Waals surface area contributed by atoms with E-state index < -0.39 is 22.1 Å². The summed E-state index contributed by atoms with van der Waals surface area (Å²) < 4.78 is 5.52. The van der Waals surface area contributed by atoms with Gasteiger partial charge in [0.25, 0.3) is 5.89 Å². The van der Waals surface area contributed by atoms with E-state index in [1.165, 1.54) is 0 Å². The first-order valence-corrected chi connectivity index (χ1v) is 7.34. The third-order valence-electron chi connectivity index (χ3n) is 3.45. The Balaban J connectivity index is 2.11. The maximum Gasteiger partial charge on any atom is 0.315 e. The molecule has 25 heavy (non-hydrogen) atoms. The van der Waals surface area contributed by atoms with E-state index in [9.17, 15) is 20.3 Å². The number of hydrogen-bond donors (Lipinski definition) is 2. The highest BCUT2D eigenvalue weighted by Gasteiger charge is 2.23. The Labute approximate surface area is 145 Å². The third kappa shape index (κ3) is 2.96. The molecule has 0 saturated carbocycles. The Bertz CT molecular complexity index is 979. The maximum atomic E-state index is 10.9. The quantitative estimate of drug-likeness (QED) is 0.313. The molecule has 0 aliphatic rings. The normalized spacial score (nSPS) is 10.8. The van der Waals surface area contributed by atoms with Crippen LogP contribution in [0.3, 0.4) is 0 Å². The largest absolute Gasteiger partial charge is 0.504 e. The second-order valence-electron chi connectivity index (χ2n) is 5.28. The van der Waals surface area contributed by atoms with E-state index >= 15 is 0 Å². The topological polar surface area (TPSA) is 135 Å². The molecule has 0 fully saturated rings. The Morgan fingerprint density at radius 2 is 1.84 bits per heavy atom. The molecule has 1 aromatic carbocycles. The van der Waals surface area contributed by atoms with Gasteiger partial charge in [-0.15, -0.1) is 10.2 Å². The van der Waals surface area contributed by atoms with Crippen LogP contribution < -0.4 is 0 Å². The first-order chi connectivity index (χ1) is 11.8. The van der Waals surface area contributed by atoms with Crippen molar-refractivity contribution < 1.29 is 19.6 Å². The molecular weight excluding hydrogens is 352 g/mol. The van der Waals surface area contributed by atoms with E-state index in [1.807, 2.05) is 0 Å². The van der Waals surface area contributed by atoms with Crippen molar-refractivity contribution in [1.29, 1.82) is 0 Å². The third-order valence-corrected chi connectivity index (χ3v) is 3.73. The second-order valence-corrected chi connectivity index (χ2v) is 5.64. The zero-order valence-electron chi connectivity index (χ0n) is 13.0. The summed E-state index contributed by atoms with van der Waals surface area (Å²) in [5.74, 6) is -1.50. The molecule has 0 bridgehead atoms. The standard InChI is InChI=1S/C15H11ClN4O5/c1-6-3-7(2)17-13(16)11(6)15-19-18-14(25-15)8-4-9(20(23)24)12(22)10(21)5-8/h3-5,21-22H,1-2H3. The van der Waals surface area contributed by atoms with Crippen molar-refractivity contribution in [1.82, 2.24) is 15.2 Å². The molecule has 2 heterocycles. The first kappa shape index (κ1) is 16.7. The number of nitrogens with zero attached hydrogens (tertiary/aromatic N) is 4. The molecule has 0 saturated heterocycles. The number of benzene rings is 1. The van der Waals surface area contributed by atoms with E-state index in [1.54, 1.807) is 19.9 Å². The van der Waals surface area contributed by atoms with E-state index in [0.717, 1.165) is 23.4 Å². The van der Waals surface area contributed by atoms with Crippen LogP contribution in [-0.2, 0) is 0 Å². The molecule has 0 aliphatic heterocycles. The van der Waals surface area contributed by atoms with Crippen LogP contribution in [-0.4, -0.2) is 30.3 Å². The summed E-state index contributed by atoms with van der Waals surface area (Å²) >= 11 is 6.14. The molecule has 9 nitrogen and oxygen atoms in total. The Hall–Kier alpha value is -3.20. The van der Waals surface area contributed by atoms with Crippen molar-refractivity contribution >= 4 is 17.3 Å². The van der Waals surface area contributed by atoms with Gasteiger partial charge >= 0.3 is 5.69 Å². The van der Waals surface area contributed by atoms with Crippen LogP contribution in [0.1, 0.15) is 11.3 Å². The number of nitro benzene ring substituents is 1. The monoisotopic (exact) mass is 362 g/mol. The molecule has 0 unspecified atom stereocenters. The number of aryl methyl sites for hydroxylation is 2. The molecule has 0 spiro atoms. The number of aromatic hydroxyl groups is 2.